The highest BCUT2D eigenvalue weighted by atomic mass is 15.1. The van der Waals surface area contributed by atoms with Gasteiger partial charge in [-0.1, -0.05) is 12.5 Å². The summed E-state index contributed by atoms with van der Waals surface area (Å²) in [6.45, 7) is 1.15. The number of hydrogen-bond acceptors (Lipinski definition) is 2. The number of nitrogens with zero attached hydrogens (tertiary/aromatic N) is 2. The van der Waals surface area contributed by atoms with E-state index in [4.69, 9.17) is 0 Å². The summed E-state index contributed by atoms with van der Waals surface area (Å²) in [4.78, 5) is 5.46. The van der Waals surface area contributed by atoms with Crippen molar-refractivity contribution in [3.63, 3.8) is 0 Å². The van der Waals surface area contributed by atoms with Gasteiger partial charge in [0, 0.05) is 23.6 Å². The van der Waals surface area contributed by atoms with E-state index in [9.17, 15) is 5.26 Å². The molecule has 0 radical (unpaired) electrons. The molecule has 2 atom stereocenters. The van der Waals surface area contributed by atoms with E-state index in [1.165, 1.54) is 24.8 Å². The zero-order valence-electron chi connectivity index (χ0n) is 12.2. The van der Waals surface area contributed by atoms with Crippen molar-refractivity contribution in [1.82, 2.24) is 9.88 Å². The van der Waals surface area contributed by atoms with E-state index >= 15 is 0 Å². The summed E-state index contributed by atoms with van der Waals surface area (Å²) in [6, 6.07) is 8.85. The first-order valence-corrected chi connectivity index (χ1v) is 7.35. The van der Waals surface area contributed by atoms with Crippen LogP contribution in [0.4, 0.5) is 0 Å². The largest absolute Gasteiger partial charge is 0.360 e. The molecule has 1 aliphatic rings. The minimum absolute atomic E-state index is 0.642. The van der Waals surface area contributed by atoms with Crippen molar-refractivity contribution >= 4 is 10.9 Å². The van der Waals surface area contributed by atoms with Crippen LogP contribution in [-0.4, -0.2) is 30.5 Å². The van der Waals surface area contributed by atoms with Gasteiger partial charge < -0.3 is 9.88 Å². The normalized spacial score (nSPS) is 22.5. The molecule has 1 saturated carbocycles. The fourth-order valence-corrected chi connectivity index (χ4v) is 3.62. The number of benzene rings is 1. The van der Waals surface area contributed by atoms with Crippen molar-refractivity contribution in [3.8, 4) is 6.07 Å². The van der Waals surface area contributed by atoms with Gasteiger partial charge in [-0.3, -0.25) is 0 Å². The number of nitrogens with one attached hydrogen (secondary N) is 1. The molecule has 0 amide bonds. The highest BCUT2D eigenvalue weighted by molar-refractivity contribution is 5.86. The molecule has 2 aromatic rings. The molecule has 0 saturated heterocycles. The summed E-state index contributed by atoms with van der Waals surface area (Å²) in [5.41, 5.74) is 3.22. The van der Waals surface area contributed by atoms with E-state index in [1.807, 2.05) is 0 Å². The summed E-state index contributed by atoms with van der Waals surface area (Å²) in [5, 5.41) is 10.2. The van der Waals surface area contributed by atoms with Crippen LogP contribution in [0, 0.1) is 17.2 Å². The lowest BCUT2D eigenvalue weighted by atomic mass is 9.88. The van der Waals surface area contributed by atoms with Crippen molar-refractivity contribution in [3.05, 3.63) is 35.5 Å². The molecule has 0 spiro atoms. The highest BCUT2D eigenvalue weighted by Gasteiger charge is 2.29. The van der Waals surface area contributed by atoms with Gasteiger partial charge >= 0.3 is 0 Å². The number of H-pyrrole nitrogens is 1. The van der Waals surface area contributed by atoms with Crippen LogP contribution in [0.1, 0.15) is 36.3 Å². The van der Waals surface area contributed by atoms with E-state index in [2.05, 4.69) is 48.2 Å². The van der Waals surface area contributed by atoms with Crippen LogP contribution in [-0.2, 0) is 0 Å². The fourth-order valence-electron chi connectivity index (χ4n) is 3.62. The van der Waals surface area contributed by atoms with Crippen molar-refractivity contribution in [2.24, 2.45) is 5.92 Å². The molecule has 3 rings (SSSR count). The van der Waals surface area contributed by atoms with Crippen LogP contribution in [0.5, 0.6) is 0 Å². The lowest BCUT2D eigenvalue weighted by Gasteiger charge is -2.23. The first-order chi connectivity index (χ1) is 9.69. The third kappa shape index (κ3) is 2.32. The molecule has 3 nitrogen and oxygen atoms in total. The summed E-state index contributed by atoms with van der Waals surface area (Å²) in [6.07, 6.45) is 5.72. The average Bonchev–Trinajstić information content (AvgIpc) is 3.03. The number of aromatic amines is 1. The topological polar surface area (TPSA) is 42.8 Å². The van der Waals surface area contributed by atoms with Crippen LogP contribution in [0.15, 0.2) is 24.4 Å². The quantitative estimate of drug-likeness (QED) is 0.925. The number of fused-ring (bicyclic) bond motifs is 1. The molecule has 1 fully saturated rings. The van der Waals surface area contributed by atoms with E-state index in [0.717, 1.165) is 28.9 Å². The molecular weight excluding hydrogens is 246 g/mol. The molecule has 0 bridgehead atoms. The maximum absolute atomic E-state index is 9.18. The van der Waals surface area contributed by atoms with E-state index < -0.39 is 0 Å². The van der Waals surface area contributed by atoms with Crippen LogP contribution in [0.25, 0.3) is 10.9 Å². The number of rotatable bonds is 3. The number of hydrogen-bond donors (Lipinski definition) is 1. The molecule has 20 heavy (non-hydrogen) atoms. The second kappa shape index (κ2) is 5.30. The lowest BCUT2D eigenvalue weighted by Crippen LogP contribution is -2.23. The first kappa shape index (κ1) is 13.2. The summed E-state index contributed by atoms with van der Waals surface area (Å²) >= 11 is 0. The highest BCUT2D eigenvalue weighted by Crippen LogP contribution is 2.40. The Bertz CT molecular complexity index is 648. The van der Waals surface area contributed by atoms with Crippen LogP contribution in [0.3, 0.4) is 0 Å². The number of aromatic nitrogens is 1. The van der Waals surface area contributed by atoms with Crippen LogP contribution >= 0.6 is 0 Å². The van der Waals surface area contributed by atoms with Gasteiger partial charge in [-0.05, 0) is 56.5 Å². The molecule has 1 aromatic heterocycles. The van der Waals surface area contributed by atoms with Gasteiger partial charge in [-0.15, -0.1) is 0 Å². The fraction of sp³-hybridized carbons (Fsp3) is 0.471. The van der Waals surface area contributed by atoms with Crippen LogP contribution < -0.4 is 0 Å². The Morgan fingerprint density at radius 3 is 2.95 bits per heavy atom. The first-order valence-electron chi connectivity index (χ1n) is 7.35. The molecule has 3 heteroatoms. The van der Waals surface area contributed by atoms with Crippen LogP contribution in [0.2, 0.25) is 0 Å². The smallest absolute Gasteiger partial charge is 0.101 e. The van der Waals surface area contributed by atoms with Gasteiger partial charge in [0.15, 0.2) is 0 Å². The van der Waals surface area contributed by atoms with Gasteiger partial charge in [0.1, 0.15) is 6.07 Å². The average molecular weight is 267 g/mol. The summed E-state index contributed by atoms with van der Waals surface area (Å²) in [5.74, 6) is 1.38. The molecule has 0 aliphatic heterocycles. The van der Waals surface area contributed by atoms with Crippen molar-refractivity contribution in [2.45, 2.75) is 25.2 Å². The molecular formula is C17H21N3. The zero-order valence-corrected chi connectivity index (χ0v) is 12.2. The van der Waals surface area contributed by atoms with Gasteiger partial charge in [0.2, 0.25) is 0 Å². The van der Waals surface area contributed by atoms with Gasteiger partial charge in [-0.2, -0.15) is 5.26 Å². The van der Waals surface area contributed by atoms with E-state index in [-0.39, 0.29) is 0 Å². The standard InChI is InChI=1S/C17H21N3/c1-20(2)11-13-4-3-5-15(13)12-6-7-17-16(8-12)14(9-18)10-19-17/h6-8,10,13,15,19H,3-5,11H2,1-2H3/t13-,15+/m1/s1. The molecule has 0 unspecified atom stereocenters. The monoisotopic (exact) mass is 267 g/mol. The molecule has 104 valence electrons. The Morgan fingerprint density at radius 1 is 1.35 bits per heavy atom. The molecule has 1 N–H and O–H groups in total. The third-order valence-corrected chi connectivity index (χ3v) is 4.51. The van der Waals surface area contributed by atoms with Gasteiger partial charge in [-0.25, -0.2) is 0 Å². The van der Waals surface area contributed by atoms with Gasteiger partial charge in [0.25, 0.3) is 0 Å². The molecule has 1 heterocycles. The van der Waals surface area contributed by atoms with E-state index in [1.54, 1.807) is 6.20 Å². The predicted molar refractivity (Wildman–Crippen MR) is 81.6 cm³/mol. The van der Waals surface area contributed by atoms with Gasteiger partial charge in [0.05, 0.1) is 5.56 Å². The SMILES string of the molecule is CN(C)C[C@H]1CCC[C@H]1c1ccc2[nH]cc(C#N)c2c1. The Balaban J connectivity index is 1.95. The second-order valence-electron chi connectivity index (χ2n) is 6.18. The van der Waals surface area contributed by atoms with Crippen molar-refractivity contribution in [2.75, 3.05) is 20.6 Å². The summed E-state index contributed by atoms with van der Waals surface area (Å²) in [7, 11) is 4.30. The Labute approximate surface area is 120 Å². The van der Waals surface area contributed by atoms with E-state index in [0.29, 0.717) is 5.92 Å². The van der Waals surface area contributed by atoms with Crippen molar-refractivity contribution in [1.29, 1.82) is 5.26 Å². The maximum atomic E-state index is 9.18. The Morgan fingerprint density at radius 2 is 2.20 bits per heavy atom. The second-order valence-corrected chi connectivity index (χ2v) is 6.18. The Kier molecular flexibility index (Phi) is 3.50. The third-order valence-electron chi connectivity index (χ3n) is 4.51. The predicted octanol–water partition coefficient (Wildman–Crippen LogP) is 3.48. The minimum atomic E-state index is 0.642. The molecule has 1 aromatic carbocycles. The summed E-state index contributed by atoms with van der Waals surface area (Å²) < 4.78 is 0. The molecule has 1 aliphatic carbocycles. The minimum Gasteiger partial charge on any atom is -0.360 e. The number of nitriles is 1. The zero-order chi connectivity index (χ0) is 14.1. The Hall–Kier alpha value is -1.79. The maximum Gasteiger partial charge on any atom is 0.101 e. The van der Waals surface area contributed by atoms with Crippen molar-refractivity contribution < 1.29 is 0 Å². The lowest BCUT2D eigenvalue weighted by molar-refractivity contribution is 0.310.